The molecular weight excluding hydrogens is 176 g/mol. The van der Waals surface area contributed by atoms with Crippen LogP contribution in [0.1, 0.15) is 5.56 Å². The van der Waals surface area contributed by atoms with Crippen LogP contribution >= 0.6 is 11.6 Å². The molecule has 1 aromatic carbocycles. The molecule has 0 aliphatic rings. The zero-order chi connectivity index (χ0) is 8.55. The van der Waals surface area contributed by atoms with Crippen molar-refractivity contribution in [1.82, 2.24) is 9.97 Å². The molecular formula is C8H7ClN2O. The van der Waals surface area contributed by atoms with Crippen molar-refractivity contribution in [3.63, 3.8) is 0 Å². The van der Waals surface area contributed by atoms with E-state index >= 15 is 0 Å². The number of aromatic amines is 1. The van der Waals surface area contributed by atoms with Gasteiger partial charge >= 0.3 is 0 Å². The van der Waals surface area contributed by atoms with Crippen LogP contribution in [0.4, 0.5) is 0 Å². The first-order valence-corrected chi connectivity index (χ1v) is 4.05. The Kier molecular flexibility index (Phi) is 1.66. The third kappa shape index (κ3) is 1.02. The van der Waals surface area contributed by atoms with Crippen molar-refractivity contribution in [3.8, 4) is 5.75 Å². The summed E-state index contributed by atoms with van der Waals surface area (Å²) in [4.78, 5) is 6.94. The molecule has 2 rings (SSSR count). The summed E-state index contributed by atoms with van der Waals surface area (Å²) >= 11 is 5.61. The lowest BCUT2D eigenvalue weighted by atomic mass is 10.2. The summed E-state index contributed by atoms with van der Waals surface area (Å²) in [6.07, 6.45) is 1.59. The number of rotatable bonds is 1. The summed E-state index contributed by atoms with van der Waals surface area (Å²) in [6.45, 7) is 0. The molecule has 0 bridgehead atoms. The highest BCUT2D eigenvalue weighted by Crippen LogP contribution is 2.23. The SMILES string of the molecule is Oc1cc2nc[nH]c2cc1CCl. The third-order valence-electron chi connectivity index (χ3n) is 1.76. The van der Waals surface area contributed by atoms with E-state index in [9.17, 15) is 5.11 Å². The number of alkyl halides is 1. The molecule has 0 saturated heterocycles. The highest BCUT2D eigenvalue weighted by Gasteiger charge is 2.03. The van der Waals surface area contributed by atoms with Gasteiger partial charge in [-0.05, 0) is 6.07 Å². The summed E-state index contributed by atoms with van der Waals surface area (Å²) < 4.78 is 0. The maximum Gasteiger partial charge on any atom is 0.122 e. The maximum absolute atomic E-state index is 9.39. The van der Waals surface area contributed by atoms with Gasteiger partial charge < -0.3 is 10.1 Å². The number of aromatic hydroxyl groups is 1. The van der Waals surface area contributed by atoms with Crippen LogP contribution in [0.5, 0.6) is 5.75 Å². The predicted octanol–water partition coefficient (Wildman–Crippen LogP) is 2.01. The zero-order valence-electron chi connectivity index (χ0n) is 6.21. The predicted molar refractivity (Wildman–Crippen MR) is 47.3 cm³/mol. The number of hydrogen-bond donors (Lipinski definition) is 2. The number of H-pyrrole nitrogens is 1. The second-order valence-corrected chi connectivity index (χ2v) is 2.80. The van der Waals surface area contributed by atoms with Gasteiger partial charge in [0, 0.05) is 11.6 Å². The van der Waals surface area contributed by atoms with Crippen LogP contribution in [-0.2, 0) is 5.88 Å². The quantitative estimate of drug-likeness (QED) is 0.663. The largest absolute Gasteiger partial charge is 0.508 e. The second-order valence-electron chi connectivity index (χ2n) is 2.53. The number of phenolic OH excluding ortho intramolecular Hbond substituents is 1. The number of halogens is 1. The minimum Gasteiger partial charge on any atom is -0.508 e. The van der Waals surface area contributed by atoms with E-state index in [2.05, 4.69) is 9.97 Å². The first-order valence-electron chi connectivity index (χ1n) is 3.52. The molecule has 0 aliphatic carbocycles. The summed E-state index contributed by atoms with van der Waals surface area (Å²) in [6, 6.07) is 3.40. The molecule has 0 atom stereocenters. The van der Waals surface area contributed by atoms with Gasteiger partial charge in [0.25, 0.3) is 0 Å². The Morgan fingerprint density at radius 1 is 1.50 bits per heavy atom. The van der Waals surface area contributed by atoms with Crippen LogP contribution in [0.3, 0.4) is 0 Å². The molecule has 3 nitrogen and oxygen atoms in total. The van der Waals surface area contributed by atoms with Gasteiger partial charge in [0.05, 0.1) is 23.2 Å². The third-order valence-corrected chi connectivity index (χ3v) is 2.05. The molecule has 2 N–H and O–H groups in total. The molecule has 0 radical (unpaired) electrons. The average molecular weight is 183 g/mol. The lowest BCUT2D eigenvalue weighted by molar-refractivity contribution is 0.471. The molecule has 1 aromatic heterocycles. The van der Waals surface area contributed by atoms with Crippen molar-refractivity contribution in [1.29, 1.82) is 0 Å². The van der Waals surface area contributed by atoms with Crippen molar-refractivity contribution < 1.29 is 5.11 Å². The van der Waals surface area contributed by atoms with Crippen LogP contribution in [0.25, 0.3) is 11.0 Å². The van der Waals surface area contributed by atoms with Crippen molar-refractivity contribution in [2.75, 3.05) is 0 Å². The van der Waals surface area contributed by atoms with Gasteiger partial charge in [0.2, 0.25) is 0 Å². The van der Waals surface area contributed by atoms with Crippen LogP contribution in [-0.4, -0.2) is 15.1 Å². The fourth-order valence-corrected chi connectivity index (χ4v) is 1.34. The number of aromatic nitrogens is 2. The van der Waals surface area contributed by atoms with E-state index < -0.39 is 0 Å². The number of hydrogen-bond acceptors (Lipinski definition) is 2. The lowest BCUT2D eigenvalue weighted by Gasteiger charge is -1.98. The van der Waals surface area contributed by atoms with E-state index in [0.29, 0.717) is 11.4 Å². The number of nitrogens with zero attached hydrogens (tertiary/aromatic N) is 1. The van der Waals surface area contributed by atoms with Gasteiger partial charge in [-0.3, -0.25) is 0 Å². The minimum atomic E-state index is 0.199. The number of fused-ring (bicyclic) bond motifs is 1. The highest BCUT2D eigenvalue weighted by molar-refractivity contribution is 6.17. The van der Waals surface area contributed by atoms with Gasteiger partial charge in [0.15, 0.2) is 0 Å². The van der Waals surface area contributed by atoms with Crippen LogP contribution in [0, 0.1) is 0 Å². The molecule has 0 spiro atoms. The summed E-state index contributed by atoms with van der Waals surface area (Å²) in [5.74, 6) is 0.505. The Bertz CT molecular complexity index is 410. The summed E-state index contributed by atoms with van der Waals surface area (Å²) in [7, 11) is 0. The topological polar surface area (TPSA) is 48.9 Å². The van der Waals surface area contributed by atoms with Crippen molar-refractivity contribution >= 4 is 22.6 Å². The normalized spacial score (nSPS) is 10.8. The molecule has 2 aromatic rings. The van der Waals surface area contributed by atoms with Gasteiger partial charge in [-0.2, -0.15) is 0 Å². The number of benzene rings is 1. The number of phenols is 1. The molecule has 0 aliphatic heterocycles. The number of imidazole rings is 1. The van der Waals surface area contributed by atoms with Crippen LogP contribution in [0.2, 0.25) is 0 Å². The van der Waals surface area contributed by atoms with E-state index in [1.807, 2.05) is 0 Å². The Hall–Kier alpha value is -1.22. The van der Waals surface area contributed by atoms with Gasteiger partial charge in [0.1, 0.15) is 5.75 Å². The lowest BCUT2D eigenvalue weighted by Crippen LogP contribution is -1.80. The molecule has 0 saturated carbocycles. The average Bonchev–Trinajstić information content (AvgIpc) is 2.49. The molecule has 4 heteroatoms. The first-order chi connectivity index (χ1) is 5.81. The Labute approximate surface area is 74.0 Å². The summed E-state index contributed by atoms with van der Waals surface area (Å²) in [5.41, 5.74) is 2.36. The van der Waals surface area contributed by atoms with Crippen LogP contribution < -0.4 is 0 Å². The highest BCUT2D eigenvalue weighted by atomic mass is 35.5. The van der Waals surface area contributed by atoms with E-state index in [1.54, 1.807) is 18.5 Å². The Balaban J connectivity index is 2.73. The van der Waals surface area contributed by atoms with Crippen molar-refractivity contribution in [2.45, 2.75) is 5.88 Å². The van der Waals surface area contributed by atoms with Gasteiger partial charge in [-0.25, -0.2) is 4.98 Å². The molecule has 0 amide bonds. The minimum absolute atomic E-state index is 0.199. The van der Waals surface area contributed by atoms with E-state index in [0.717, 1.165) is 11.0 Å². The molecule has 0 unspecified atom stereocenters. The number of nitrogens with one attached hydrogen (secondary N) is 1. The van der Waals surface area contributed by atoms with Gasteiger partial charge in [-0.15, -0.1) is 11.6 Å². The Morgan fingerprint density at radius 2 is 2.33 bits per heavy atom. The zero-order valence-corrected chi connectivity index (χ0v) is 6.97. The second kappa shape index (κ2) is 2.68. The van der Waals surface area contributed by atoms with E-state index in [-0.39, 0.29) is 5.75 Å². The fraction of sp³-hybridized carbons (Fsp3) is 0.125. The summed E-state index contributed by atoms with van der Waals surface area (Å²) in [5, 5.41) is 9.39. The smallest absolute Gasteiger partial charge is 0.122 e. The van der Waals surface area contributed by atoms with Crippen LogP contribution in [0.15, 0.2) is 18.5 Å². The Morgan fingerprint density at radius 3 is 3.08 bits per heavy atom. The van der Waals surface area contributed by atoms with Crippen molar-refractivity contribution in [2.24, 2.45) is 0 Å². The monoisotopic (exact) mass is 182 g/mol. The molecule has 62 valence electrons. The maximum atomic E-state index is 9.39. The van der Waals surface area contributed by atoms with Crippen molar-refractivity contribution in [3.05, 3.63) is 24.0 Å². The fourth-order valence-electron chi connectivity index (χ4n) is 1.12. The van der Waals surface area contributed by atoms with E-state index in [4.69, 9.17) is 11.6 Å². The molecule has 0 fully saturated rings. The standard InChI is InChI=1S/C8H7ClN2O/c9-3-5-1-6-7(2-8(5)12)11-4-10-6/h1-2,4,12H,3H2,(H,10,11). The van der Waals surface area contributed by atoms with E-state index in [1.165, 1.54) is 0 Å². The molecule has 1 heterocycles. The molecule has 12 heavy (non-hydrogen) atoms. The first kappa shape index (κ1) is 7.43. The van der Waals surface area contributed by atoms with Gasteiger partial charge in [-0.1, -0.05) is 0 Å².